The summed E-state index contributed by atoms with van der Waals surface area (Å²) in [6, 6.07) is 12.7. The van der Waals surface area contributed by atoms with Crippen molar-refractivity contribution in [3.05, 3.63) is 48.0 Å². The molecule has 28 heavy (non-hydrogen) atoms. The van der Waals surface area contributed by atoms with Crippen molar-refractivity contribution in [2.75, 3.05) is 33.9 Å². The predicted molar refractivity (Wildman–Crippen MR) is 108 cm³/mol. The number of nitrogens with two attached hydrogens (primary N) is 1. The van der Waals surface area contributed by atoms with E-state index >= 15 is 0 Å². The number of nitrogens with zero attached hydrogens (tertiary/aromatic N) is 2. The molecule has 0 aliphatic carbocycles. The van der Waals surface area contributed by atoms with E-state index in [1.165, 1.54) is 4.90 Å². The highest BCUT2D eigenvalue weighted by Crippen LogP contribution is 2.32. The van der Waals surface area contributed by atoms with Gasteiger partial charge < -0.3 is 20.9 Å². The van der Waals surface area contributed by atoms with E-state index in [1.54, 1.807) is 23.1 Å². The van der Waals surface area contributed by atoms with Gasteiger partial charge in [-0.05, 0) is 42.7 Å². The minimum Gasteiger partial charge on any atom is -0.398 e. The molecule has 0 atom stereocenters. The Bertz CT molecular complexity index is 956. The van der Waals surface area contributed by atoms with Crippen LogP contribution in [0.3, 0.4) is 0 Å². The second-order valence-corrected chi connectivity index (χ2v) is 7.04. The Balaban J connectivity index is 1.46. The molecule has 3 N–H and O–H groups in total. The molecular formula is C21H22N4O3. The number of benzene rings is 2. The van der Waals surface area contributed by atoms with Crippen LogP contribution in [0.2, 0.25) is 0 Å². The molecule has 2 heterocycles. The summed E-state index contributed by atoms with van der Waals surface area (Å²) in [5.41, 5.74) is 9.85. The summed E-state index contributed by atoms with van der Waals surface area (Å²) in [7, 11) is 0. The SMILES string of the molecule is Nc1cccc2c1CCCN2C(=O)CCC(=O)N1CC(=O)Nc2ccccc21. The number of fused-ring (bicyclic) bond motifs is 2. The lowest BCUT2D eigenvalue weighted by molar-refractivity contribution is -0.124. The number of amides is 3. The van der Waals surface area contributed by atoms with Gasteiger partial charge in [0, 0.05) is 30.8 Å². The first-order chi connectivity index (χ1) is 13.5. The van der Waals surface area contributed by atoms with Crippen molar-refractivity contribution in [2.45, 2.75) is 25.7 Å². The maximum atomic E-state index is 12.8. The van der Waals surface area contributed by atoms with Crippen LogP contribution in [0.5, 0.6) is 0 Å². The molecule has 0 saturated heterocycles. The molecule has 2 aliphatic heterocycles. The van der Waals surface area contributed by atoms with E-state index < -0.39 is 0 Å². The largest absolute Gasteiger partial charge is 0.398 e. The first kappa shape index (κ1) is 18.0. The molecule has 0 saturated carbocycles. The number of carbonyl (C=O) groups is 3. The fraction of sp³-hybridized carbons (Fsp3) is 0.286. The van der Waals surface area contributed by atoms with Crippen LogP contribution in [-0.2, 0) is 20.8 Å². The molecular weight excluding hydrogens is 356 g/mol. The first-order valence-electron chi connectivity index (χ1n) is 9.41. The summed E-state index contributed by atoms with van der Waals surface area (Å²) in [4.78, 5) is 40.6. The van der Waals surface area contributed by atoms with Crippen molar-refractivity contribution in [3.63, 3.8) is 0 Å². The topological polar surface area (TPSA) is 95.7 Å². The average Bonchev–Trinajstić information content (AvgIpc) is 2.71. The third-order valence-electron chi connectivity index (χ3n) is 5.21. The lowest BCUT2D eigenvalue weighted by Crippen LogP contribution is -2.43. The van der Waals surface area contributed by atoms with Crippen LogP contribution in [0.15, 0.2) is 42.5 Å². The van der Waals surface area contributed by atoms with Crippen molar-refractivity contribution in [1.82, 2.24) is 0 Å². The molecule has 2 aromatic rings. The third kappa shape index (κ3) is 3.31. The number of anilines is 4. The maximum absolute atomic E-state index is 12.8. The number of nitrogen functional groups attached to an aromatic ring is 1. The lowest BCUT2D eigenvalue weighted by atomic mass is 9.99. The van der Waals surface area contributed by atoms with Gasteiger partial charge in [-0.3, -0.25) is 14.4 Å². The molecule has 2 aliphatic rings. The first-order valence-corrected chi connectivity index (χ1v) is 9.41. The number of rotatable bonds is 3. The molecule has 4 rings (SSSR count). The van der Waals surface area contributed by atoms with Crippen molar-refractivity contribution in [3.8, 4) is 0 Å². The molecule has 144 valence electrons. The molecule has 0 unspecified atom stereocenters. The van der Waals surface area contributed by atoms with Gasteiger partial charge in [0.25, 0.3) is 0 Å². The van der Waals surface area contributed by atoms with E-state index in [9.17, 15) is 14.4 Å². The summed E-state index contributed by atoms with van der Waals surface area (Å²) in [6.45, 7) is 0.589. The van der Waals surface area contributed by atoms with Crippen molar-refractivity contribution < 1.29 is 14.4 Å². The fourth-order valence-electron chi connectivity index (χ4n) is 3.85. The van der Waals surface area contributed by atoms with E-state index in [1.807, 2.05) is 24.3 Å². The zero-order valence-corrected chi connectivity index (χ0v) is 15.5. The van der Waals surface area contributed by atoms with Gasteiger partial charge in [-0.1, -0.05) is 18.2 Å². The molecule has 0 fully saturated rings. The number of hydrogen-bond donors (Lipinski definition) is 2. The minimum atomic E-state index is -0.237. The zero-order valence-electron chi connectivity index (χ0n) is 15.5. The van der Waals surface area contributed by atoms with Gasteiger partial charge in [0.05, 0.1) is 11.4 Å². The van der Waals surface area contributed by atoms with Crippen LogP contribution in [0, 0.1) is 0 Å². The number of nitrogens with one attached hydrogen (secondary N) is 1. The van der Waals surface area contributed by atoms with Gasteiger partial charge in [0.15, 0.2) is 0 Å². The Hall–Kier alpha value is -3.35. The van der Waals surface area contributed by atoms with Gasteiger partial charge in [-0.25, -0.2) is 0 Å². The van der Waals surface area contributed by atoms with Crippen LogP contribution >= 0.6 is 0 Å². The average molecular weight is 378 g/mol. The summed E-state index contributed by atoms with van der Waals surface area (Å²) in [5.74, 6) is -0.575. The van der Waals surface area contributed by atoms with E-state index in [2.05, 4.69) is 5.32 Å². The Morgan fingerprint density at radius 3 is 2.50 bits per heavy atom. The van der Waals surface area contributed by atoms with Crippen LogP contribution < -0.4 is 20.9 Å². The van der Waals surface area contributed by atoms with Crippen molar-refractivity contribution in [2.24, 2.45) is 0 Å². The number of para-hydroxylation sites is 2. The summed E-state index contributed by atoms with van der Waals surface area (Å²) in [5, 5.41) is 2.76. The number of carbonyl (C=O) groups excluding carboxylic acids is 3. The Morgan fingerprint density at radius 1 is 0.964 bits per heavy atom. The zero-order chi connectivity index (χ0) is 19.7. The summed E-state index contributed by atoms with van der Waals surface area (Å²) in [6.07, 6.45) is 1.84. The van der Waals surface area contributed by atoms with Crippen LogP contribution in [0.4, 0.5) is 22.7 Å². The normalized spacial score (nSPS) is 15.5. The van der Waals surface area contributed by atoms with E-state index in [0.29, 0.717) is 23.6 Å². The molecule has 0 spiro atoms. The van der Waals surface area contributed by atoms with E-state index in [-0.39, 0.29) is 37.1 Å². The molecule has 0 radical (unpaired) electrons. The minimum absolute atomic E-state index is 0.0346. The van der Waals surface area contributed by atoms with E-state index in [4.69, 9.17) is 5.73 Å². The quantitative estimate of drug-likeness (QED) is 0.801. The molecule has 7 heteroatoms. The monoisotopic (exact) mass is 378 g/mol. The third-order valence-corrected chi connectivity index (χ3v) is 5.21. The van der Waals surface area contributed by atoms with E-state index in [0.717, 1.165) is 24.1 Å². The fourth-order valence-corrected chi connectivity index (χ4v) is 3.85. The highest BCUT2D eigenvalue weighted by Gasteiger charge is 2.28. The standard InChI is InChI=1S/C21H22N4O3/c22-15-6-3-9-17-14(15)5-4-12-24(17)20(27)10-11-21(28)25-13-19(26)23-16-7-1-2-8-18(16)25/h1-3,6-9H,4-5,10-13,22H2,(H,23,26). The highest BCUT2D eigenvalue weighted by molar-refractivity contribution is 6.10. The molecule has 7 nitrogen and oxygen atoms in total. The van der Waals surface area contributed by atoms with Gasteiger partial charge in [-0.15, -0.1) is 0 Å². The van der Waals surface area contributed by atoms with Gasteiger partial charge >= 0.3 is 0 Å². The number of hydrogen-bond acceptors (Lipinski definition) is 4. The molecule has 0 bridgehead atoms. The van der Waals surface area contributed by atoms with Crippen LogP contribution in [0.25, 0.3) is 0 Å². The summed E-state index contributed by atoms with van der Waals surface area (Å²) < 4.78 is 0. The van der Waals surface area contributed by atoms with Gasteiger partial charge in [0.1, 0.15) is 6.54 Å². The van der Waals surface area contributed by atoms with Gasteiger partial charge in [-0.2, -0.15) is 0 Å². The Morgan fingerprint density at radius 2 is 1.68 bits per heavy atom. The second kappa shape index (κ2) is 7.34. The molecule has 0 aromatic heterocycles. The Kier molecular flexibility index (Phi) is 4.73. The smallest absolute Gasteiger partial charge is 0.244 e. The maximum Gasteiger partial charge on any atom is 0.244 e. The Labute approximate surface area is 163 Å². The second-order valence-electron chi connectivity index (χ2n) is 7.04. The van der Waals surface area contributed by atoms with Crippen LogP contribution in [-0.4, -0.2) is 30.8 Å². The highest BCUT2D eigenvalue weighted by atomic mass is 16.2. The molecule has 2 aromatic carbocycles. The van der Waals surface area contributed by atoms with Crippen molar-refractivity contribution in [1.29, 1.82) is 0 Å². The predicted octanol–water partition coefficient (Wildman–Crippen LogP) is 2.31. The van der Waals surface area contributed by atoms with Crippen molar-refractivity contribution >= 4 is 40.5 Å². The lowest BCUT2D eigenvalue weighted by Gasteiger charge is -2.31. The summed E-state index contributed by atoms with van der Waals surface area (Å²) >= 11 is 0. The van der Waals surface area contributed by atoms with Gasteiger partial charge in [0.2, 0.25) is 17.7 Å². The molecule has 3 amide bonds. The van der Waals surface area contributed by atoms with Crippen LogP contribution in [0.1, 0.15) is 24.8 Å².